The van der Waals surface area contributed by atoms with Crippen LogP contribution in [0.5, 0.6) is 0 Å². The second-order valence-electron chi connectivity index (χ2n) is 5.01. The highest BCUT2D eigenvalue weighted by molar-refractivity contribution is 7.89. The van der Waals surface area contributed by atoms with E-state index in [1.165, 1.54) is 4.31 Å². The van der Waals surface area contributed by atoms with Crippen molar-refractivity contribution in [1.29, 1.82) is 0 Å². The lowest BCUT2D eigenvalue weighted by Crippen LogP contribution is -2.27. The molecule has 0 saturated heterocycles. The summed E-state index contributed by atoms with van der Waals surface area (Å²) in [7, 11) is -1.86. The molecule has 1 N–H and O–H groups in total. The highest BCUT2D eigenvalue weighted by Gasteiger charge is 2.23. The second-order valence-corrected chi connectivity index (χ2v) is 7.05. The van der Waals surface area contributed by atoms with Crippen molar-refractivity contribution in [3.8, 4) is 0 Å². The molecule has 19 heavy (non-hydrogen) atoms. The molecule has 1 aromatic heterocycles. The standard InChI is InChI=1S/C13H24N2O3S/c1-5-6-7-14(4)19(17,18)13-8-12(10-16)15(9-13)11(2)3/h8-9,11,16H,5-7,10H2,1-4H3. The molecule has 0 bridgehead atoms. The number of hydrogen-bond acceptors (Lipinski definition) is 3. The Hall–Kier alpha value is -0.850. The molecule has 0 fully saturated rings. The summed E-state index contributed by atoms with van der Waals surface area (Å²) in [4.78, 5) is 0.254. The Balaban J connectivity index is 3.08. The topological polar surface area (TPSA) is 62.5 Å². The average Bonchev–Trinajstić information content (AvgIpc) is 2.80. The SMILES string of the molecule is CCCCN(C)S(=O)(=O)c1cc(CO)n(C(C)C)c1. The molecule has 1 rings (SSSR count). The van der Waals surface area contributed by atoms with Gasteiger partial charge in [-0.15, -0.1) is 0 Å². The van der Waals surface area contributed by atoms with E-state index < -0.39 is 10.0 Å². The van der Waals surface area contributed by atoms with E-state index in [1.807, 2.05) is 20.8 Å². The number of unbranched alkanes of at least 4 members (excludes halogenated alkanes) is 1. The summed E-state index contributed by atoms with van der Waals surface area (Å²) < 4.78 is 27.9. The van der Waals surface area contributed by atoms with Crippen LogP contribution in [0.1, 0.15) is 45.3 Å². The lowest BCUT2D eigenvalue weighted by atomic mass is 10.3. The van der Waals surface area contributed by atoms with Crippen molar-refractivity contribution in [3.05, 3.63) is 18.0 Å². The van der Waals surface area contributed by atoms with Gasteiger partial charge in [-0.25, -0.2) is 12.7 Å². The molecule has 0 saturated carbocycles. The van der Waals surface area contributed by atoms with Gasteiger partial charge in [0.25, 0.3) is 0 Å². The first-order valence-electron chi connectivity index (χ1n) is 6.62. The maximum Gasteiger partial charge on any atom is 0.244 e. The Kier molecular flexibility index (Phi) is 5.58. The van der Waals surface area contributed by atoms with Gasteiger partial charge < -0.3 is 9.67 Å². The van der Waals surface area contributed by atoms with Crippen molar-refractivity contribution >= 4 is 10.0 Å². The van der Waals surface area contributed by atoms with Crippen molar-refractivity contribution in [2.45, 2.75) is 51.2 Å². The van der Waals surface area contributed by atoms with Gasteiger partial charge in [-0.2, -0.15) is 0 Å². The molecule has 0 aliphatic rings. The van der Waals surface area contributed by atoms with E-state index >= 15 is 0 Å². The van der Waals surface area contributed by atoms with Crippen LogP contribution in [0.4, 0.5) is 0 Å². The number of aliphatic hydroxyl groups excluding tert-OH is 1. The van der Waals surface area contributed by atoms with Crippen LogP contribution in [0.2, 0.25) is 0 Å². The zero-order valence-corrected chi connectivity index (χ0v) is 12.9. The van der Waals surface area contributed by atoms with E-state index in [0.717, 1.165) is 12.8 Å². The van der Waals surface area contributed by atoms with Gasteiger partial charge in [0.15, 0.2) is 0 Å². The quantitative estimate of drug-likeness (QED) is 0.834. The van der Waals surface area contributed by atoms with Crippen LogP contribution in [0.25, 0.3) is 0 Å². The molecule has 1 aromatic rings. The Bertz CT molecular complexity index is 506. The van der Waals surface area contributed by atoms with Gasteiger partial charge in [0.2, 0.25) is 10.0 Å². The lowest BCUT2D eigenvalue weighted by Gasteiger charge is -2.15. The van der Waals surface area contributed by atoms with Crippen LogP contribution < -0.4 is 0 Å². The zero-order valence-electron chi connectivity index (χ0n) is 12.1. The third kappa shape index (κ3) is 3.58. The molecular formula is C13H24N2O3S. The Morgan fingerprint density at radius 3 is 2.47 bits per heavy atom. The number of rotatable bonds is 7. The zero-order chi connectivity index (χ0) is 14.6. The minimum Gasteiger partial charge on any atom is -0.390 e. The number of nitrogens with zero attached hydrogens (tertiary/aromatic N) is 2. The summed E-state index contributed by atoms with van der Waals surface area (Å²) in [6.45, 7) is 6.29. The van der Waals surface area contributed by atoms with Gasteiger partial charge in [0, 0.05) is 31.5 Å². The second kappa shape index (κ2) is 6.54. The summed E-state index contributed by atoms with van der Waals surface area (Å²) >= 11 is 0. The Morgan fingerprint density at radius 1 is 1.42 bits per heavy atom. The number of sulfonamides is 1. The first-order valence-corrected chi connectivity index (χ1v) is 8.06. The molecule has 0 radical (unpaired) electrons. The minimum absolute atomic E-state index is 0.118. The van der Waals surface area contributed by atoms with Crippen LogP contribution in [-0.2, 0) is 16.6 Å². The summed E-state index contributed by atoms with van der Waals surface area (Å²) in [6, 6.07) is 1.67. The van der Waals surface area contributed by atoms with Crippen LogP contribution >= 0.6 is 0 Å². The number of aliphatic hydroxyl groups is 1. The molecule has 0 aromatic carbocycles. The Morgan fingerprint density at radius 2 is 2.05 bits per heavy atom. The number of aromatic nitrogens is 1. The molecule has 0 aliphatic heterocycles. The molecule has 0 atom stereocenters. The van der Waals surface area contributed by atoms with Gasteiger partial charge in [0.1, 0.15) is 4.90 Å². The fraction of sp³-hybridized carbons (Fsp3) is 0.692. The van der Waals surface area contributed by atoms with Crippen LogP contribution in [0, 0.1) is 0 Å². The molecular weight excluding hydrogens is 264 g/mol. The maximum atomic E-state index is 12.4. The minimum atomic E-state index is -3.46. The van der Waals surface area contributed by atoms with Gasteiger partial charge in [-0.3, -0.25) is 0 Å². The number of hydrogen-bond donors (Lipinski definition) is 1. The maximum absolute atomic E-state index is 12.4. The summed E-state index contributed by atoms with van der Waals surface area (Å²) in [5, 5.41) is 9.30. The first kappa shape index (κ1) is 16.2. The van der Waals surface area contributed by atoms with E-state index in [2.05, 4.69) is 0 Å². The van der Waals surface area contributed by atoms with Crippen LogP contribution in [0.15, 0.2) is 17.2 Å². The Labute approximate surface area is 115 Å². The fourth-order valence-corrected chi connectivity index (χ4v) is 3.19. The summed E-state index contributed by atoms with van der Waals surface area (Å²) in [6.07, 6.45) is 3.40. The van der Waals surface area contributed by atoms with E-state index in [-0.39, 0.29) is 17.5 Å². The fourth-order valence-electron chi connectivity index (χ4n) is 1.93. The molecule has 6 heteroatoms. The van der Waals surface area contributed by atoms with E-state index in [1.54, 1.807) is 23.9 Å². The van der Waals surface area contributed by atoms with E-state index in [9.17, 15) is 13.5 Å². The van der Waals surface area contributed by atoms with E-state index in [0.29, 0.717) is 12.2 Å². The predicted molar refractivity (Wildman–Crippen MR) is 75.5 cm³/mol. The highest BCUT2D eigenvalue weighted by atomic mass is 32.2. The van der Waals surface area contributed by atoms with Gasteiger partial charge in [-0.1, -0.05) is 13.3 Å². The molecule has 0 aliphatic carbocycles. The molecule has 0 spiro atoms. The molecule has 0 amide bonds. The highest BCUT2D eigenvalue weighted by Crippen LogP contribution is 2.21. The molecule has 110 valence electrons. The van der Waals surface area contributed by atoms with Crippen molar-refractivity contribution in [2.24, 2.45) is 0 Å². The van der Waals surface area contributed by atoms with E-state index in [4.69, 9.17) is 0 Å². The normalized spacial score (nSPS) is 12.6. The smallest absolute Gasteiger partial charge is 0.244 e. The third-order valence-electron chi connectivity index (χ3n) is 3.16. The van der Waals surface area contributed by atoms with Gasteiger partial charge >= 0.3 is 0 Å². The molecule has 0 unspecified atom stereocenters. The lowest BCUT2D eigenvalue weighted by molar-refractivity contribution is 0.268. The van der Waals surface area contributed by atoms with Crippen LogP contribution in [-0.4, -0.2) is 36.0 Å². The third-order valence-corrected chi connectivity index (χ3v) is 4.98. The monoisotopic (exact) mass is 288 g/mol. The molecule has 1 heterocycles. The van der Waals surface area contributed by atoms with Crippen molar-refractivity contribution < 1.29 is 13.5 Å². The first-order chi connectivity index (χ1) is 8.84. The average molecular weight is 288 g/mol. The van der Waals surface area contributed by atoms with Gasteiger partial charge in [0.05, 0.1) is 6.61 Å². The molecule has 5 nitrogen and oxygen atoms in total. The summed E-state index contributed by atoms with van der Waals surface area (Å²) in [5.74, 6) is 0. The largest absolute Gasteiger partial charge is 0.390 e. The van der Waals surface area contributed by atoms with Crippen molar-refractivity contribution in [1.82, 2.24) is 8.87 Å². The van der Waals surface area contributed by atoms with Gasteiger partial charge in [-0.05, 0) is 26.3 Å². The summed E-state index contributed by atoms with van der Waals surface area (Å²) in [5.41, 5.74) is 0.623. The van der Waals surface area contributed by atoms with Crippen LogP contribution in [0.3, 0.4) is 0 Å². The van der Waals surface area contributed by atoms with Crippen molar-refractivity contribution in [3.63, 3.8) is 0 Å². The van der Waals surface area contributed by atoms with Crippen molar-refractivity contribution in [2.75, 3.05) is 13.6 Å². The predicted octanol–water partition coefficient (Wildman–Crippen LogP) is 1.98.